The number of nitrogens with zero attached hydrogens (tertiary/aromatic N) is 1. The lowest BCUT2D eigenvalue weighted by Crippen LogP contribution is -2.48. The van der Waals surface area contributed by atoms with E-state index in [1.54, 1.807) is 0 Å². The smallest absolute Gasteiger partial charge is 0.105 e. The summed E-state index contributed by atoms with van der Waals surface area (Å²) in [4.78, 5) is 2.29. The minimum atomic E-state index is -0.495. The predicted molar refractivity (Wildman–Crippen MR) is 59.0 cm³/mol. The van der Waals surface area contributed by atoms with Crippen molar-refractivity contribution in [2.45, 2.75) is 32.5 Å². The van der Waals surface area contributed by atoms with Gasteiger partial charge >= 0.3 is 0 Å². The standard InChI is InChI=1S/C11H23NO3/c1-3-6-14-9-10(13)11-8-12(4-2)5-7-15-11/h10-11,13H,3-9H2,1-2H3. The van der Waals surface area contributed by atoms with Gasteiger partial charge in [0, 0.05) is 19.7 Å². The molecule has 1 rings (SSSR count). The molecule has 2 unspecified atom stereocenters. The third-order valence-electron chi connectivity index (χ3n) is 2.69. The lowest BCUT2D eigenvalue weighted by molar-refractivity contribution is -0.108. The molecule has 0 aromatic carbocycles. The van der Waals surface area contributed by atoms with Gasteiger partial charge in [0.25, 0.3) is 0 Å². The van der Waals surface area contributed by atoms with Crippen molar-refractivity contribution < 1.29 is 14.6 Å². The van der Waals surface area contributed by atoms with Crippen LogP contribution in [-0.2, 0) is 9.47 Å². The van der Waals surface area contributed by atoms with Gasteiger partial charge in [-0.05, 0) is 13.0 Å². The zero-order valence-electron chi connectivity index (χ0n) is 9.82. The summed E-state index contributed by atoms with van der Waals surface area (Å²) < 4.78 is 10.8. The fourth-order valence-corrected chi connectivity index (χ4v) is 1.71. The first kappa shape index (κ1) is 12.9. The van der Waals surface area contributed by atoms with Crippen LogP contribution in [0.15, 0.2) is 0 Å². The Balaban J connectivity index is 2.22. The fraction of sp³-hybridized carbons (Fsp3) is 1.00. The highest BCUT2D eigenvalue weighted by Crippen LogP contribution is 2.09. The van der Waals surface area contributed by atoms with E-state index in [9.17, 15) is 5.11 Å². The number of hydrogen-bond acceptors (Lipinski definition) is 4. The van der Waals surface area contributed by atoms with Crippen LogP contribution in [0.1, 0.15) is 20.3 Å². The van der Waals surface area contributed by atoms with Crippen molar-refractivity contribution in [3.63, 3.8) is 0 Å². The van der Waals surface area contributed by atoms with E-state index in [1.807, 2.05) is 0 Å². The first-order chi connectivity index (χ1) is 7.27. The van der Waals surface area contributed by atoms with Crippen molar-refractivity contribution in [2.75, 3.05) is 39.5 Å². The lowest BCUT2D eigenvalue weighted by atomic mass is 10.1. The molecular weight excluding hydrogens is 194 g/mol. The molecule has 1 saturated heterocycles. The molecule has 0 saturated carbocycles. The third-order valence-corrected chi connectivity index (χ3v) is 2.69. The van der Waals surface area contributed by atoms with Crippen LogP contribution in [0, 0.1) is 0 Å². The number of hydrogen-bond donors (Lipinski definition) is 1. The molecule has 1 aliphatic rings. The van der Waals surface area contributed by atoms with Crippen LogP contribution >= 0.6 is 0 Å². The Kier molecular flexibility index (Phi) is 6.17. The largest absolute Gasteiger partial charge is 0.388 e. The summed E-state index contributed by atoms with van der Waals surface area (Å²) in [7, 11) is 0. The van der Waals surface area contributed by atoms with Gasteiger partial charge in [0.15, 0.2) is 0 Å². The molecule has 1 N–H and O–H groups in total. The maximum absolute atomic E-state index is 9.84. The van der Waals surface area contributed by atoms with Gasteiger partial charge in [-0.15, -0.1) is 0 Å². The van der Waals surface area contributed by atoms with E-state index in [0.29, 0.717) is 19.8 Å². The van der Waals surface area contributed by atoms with Crippen LogP contribution in [0.3, 0.4) is 0 Å². The summed E-state index contributed by atoms with van der Waals surface area (Å²) in [6, 6.07) is 0. The van der Waals surface area contributed by atoms with Gasteiger partial charge in [0.1, 0.15) is 6.10 Å². The molecule has 1 heterocycles. The SMILES string of the molecule is CCCOCC(O)C1CN(CC)CCO1. The second kappa shape index (κ2) is 7.17. The average Bonchev–Trinajstić information content (AvgIpc) is 2.29. The maximum Gasteiger partial charge on any atom is 0.105 e. The molecule has 0 aromatic rings. The minimum absolute atomic E-state index is 0.0874. The molecule has 4 nitrogen and oxygen atoms in total. The van der Waals surface area contributed by atoms with Crippen molar-refractivity contribution in [3.8, 4) is 0 Å². The summed E-state index contributed by atoms with van der Waals surface area (Å²) >= 11 is 0. The van der Waals surface area contributed by atoms with Gasteiger partial charge in [0.2, 0.25) is 0 Å². The van der Waals surface area contributed by atoms with E-state index in [0.717, 1.165) is 26.1 Å². The highest BCUT2D eigenvalue weighted by Gasteiger charge is 2.25. The minimum Gasteiger partial charge on any atom is -0.388 e. The number of rotatable bonds is 6. The Morgan fingerprint density at radius 1 is 1.53 bits per heavy atom. The quantitative estimate of drug-likeness (QED) is 0.658. The molecular formula is C11H23NO3. The normalized spacial score (nSPS) is 25.4. The van der Waals surface area contributed by atoms with Gasteiger partial charge in [-0.2, -0.15) is 0 Å². The zero-order chi connectivity index (χ0) is 11.1. The van der Waals surface area contributed by atoms with Gasteiger partial charge in [0.05, 0.1) is 19.3 Å². The lowest BCUT2D eigenvalue weighted by Gasteiger charge is -2.34. The monoisotopic (exact) mass is 217 g/mol. The summed E-state index contributed by atoms with van der Waals surface area (Å²) in [6.07, 6.45) is 0.403. The predicted octanol–water partition coefficient (Wildman–Crippen LogP) is 0.495. The fourth-order valence-electron chi connectivity index (χ4n) is 1.71. The molecule has 1 aliphatic heterocycles. The molecule has 15 heavy (non-hydrogen) atoms. The van der Waals surface area contributed by atoms with E-state index in [-0.39, 0.29) is 6.10 Å². The Morgan fingerprint density at radius 2 is 2.33 bits per heavy atom. The van der Waals surface area contributed by atoms with Crippen LogP contribution in [-0.4, -0.2) is 61.7 Å². The topological polar surface area (TPSA) is 41.9 Å². The summed E-state index contributed by atoms with van der Waals surface area (Å²) in [5.74, 6) is 0. The summed E-state index contributed by atoms with van der Waals surface area (Å²) in [5.41, 5.74) is 0. The maximum atomic E-state index is 9.84. The van der Waals surface area contributed by atoms with Crippen LogP contribution in [0.2, 0.25) is 0 Å². The van der Waals surface area contributed by atoms with Crippen molar-refractivity contribution >= 4 is 0 Å². The Labute approximate surface area is 92.2 Å². The second-order valence-corrected chi connectivity index (χ2v) is 3.94. The molecule has 0 amide bonds. The van der Waals surface area contributed by atoms with E-state index in [1.165, 1.54) is 0 Å². The van der Waals surface area contributed by atoms with Crippen LogP contribution in [0.4, 0.5) is 0 Å². The van der Waals surface area contributed by atoms with Crippen LogP contribution < -0.4 is 0 Å². The molecule has 90 valence electrons. The van der Waals surface area contributed by atoms with E-state index in [2.05, 4.69) is 18.7 Å². The number of ether oxygens (including phenoxy) is 2. The molecule has 0 radical (unpaired) electrons. The third kappa shape index (κ3) is 4.47. The van der Waals surface area contributed by atoms with Gasteiger partial charge in [-0.25, -0.2) is 0 Å². The van der Waals surface area contributed by atoms with Crippen molar-refractivity contribution in [1.82, 2.24) is 4.90 Å². The van der Waals surface area contributed by atoms with E-state index < -0.39 is 6.10 Å². The Hall–Kier alpha value is -0.160. The molecule has 0 bridgehead atoms. The summed E-state index contributed by atoms with van der Waals surface area (Å²) in [6.45, 7) is 8.79. The molecule has 0 aliphatic carbocycles. The number of likely N-dealkylation sites (N-methyl/N-ethyl adjacent to an activating group) is 1. The van der Waals surface area contributed by atoms with Crippen LogP contribution in [0.5, 0.6) is 0 Å². The molecule has 2 atom stereocenters. The van der Waals surface area contributed by atoms with E-state index >= 15 is 0 Å². The van der Waals surface area contributed by atoms with Gasteiger partial charge in [-0.1, -0.05) is 13.8 Å². The highest BCUT2D eigenvalue weighted by molar-refractivity contribution is 4.76. The molecule has 1 fully saturated rings. The second-order valence-electron chi connectivity index (χ2n) is 3.94. The Morgan fingerprint density at radius 3 is 3.00 bits per heavy atom. The number of aliphatic hydroxyl groups is 1. The molecule has 4 heteroatoms. The first-order valence-corrected chi connectivity index (χ1v) is 5.87. The van der Waals surface area contributed by atoms with Crippen LogP contribution in [0.25, 0.3) is 0 Å². The van der Waals surface area contributed by atoms with E-state index in [4.69, 9.17) is 9.47 Å². The summed E-state index contributed by atoms with van der Waals surface area (Å²) in [5, 5.41) is 9.84. The van der Waals surface area contributed by atoms with Crippen molar-refractivity contribution in [1.29, 1.82) is 0 Å². The highest BCUT2D eigenvalue weighted by atomic mass is 16.5. The molecule has 0 spiro atoms. The Bertz CT molecular complexity index is 166. The van der Waals surface area contributed by atoms with Crippen molar-refractivity contribution in [3.05, 3.63) is 0 Å². The number of aliphatic hydroxyl groups excluding tert-OH is 1. The zero-order valence-corrected chi connectivity index (χ0v) is 9.82. The van der Waals surface area contributed by atoms with Gasteiger partial charge < -0.3 is 14.6 Å². The number of morpholine rings is 1. The van der Waals surface area contributed by atoms with Gasteiger partial charge in [-0.3, -0.25) is 4.90 Å². The average molecular weight is 217 g/mol. The van der Waals surface area contributed by atoms with Crippen molar-refractivity contribution in [2.24, 2.45) is 0 Å². The first-order valence-electron chi connectivity index (χ1n) is 5.87. The molecule has 0 aromatic heterocycles.